The SMILES string of the molecule is Brc1cccc(N2CCNCC2)c1.Cl. The van der Waals surface area contributed by atoms with Gasteiger partial charge in [0.15, 0.2) is 0 Å². The summed E-state index contributed by atoms with van der Waals surface area (Å²) < 4.78 is 1.16. The summed E-state index contributed by atoms with van der Waals surface area (Å²) in [6, 6.07) is 8.48. The molecule has 2 rings (SSSR count). The predicted molar refractivity (Wildman–Crippen MR) is 66.5 cm³/mol. The third kappa shape index (κ3) is 2.87. The lowest BCUT2D eigenvalue weighted by Crippen LogP contribution is -2.43. The zero-order chi connectivity index (χ0) is 9.10. The molecule has 1 N–H and O–H groups in total. The molecule has 0 unspecified atom stereocenters. The van der Waals surface area contributed by atoms with Crippen LogP contribution < -0.4 is 10.2 Å². The van der Waals surface area contributed by atoms with Gasteiger partial charge < -0.3 is 10.2 Å². The Morgan fingerprint density at radius 2 is 1.93 bits per heavy atom. The fraction of sp³-hybridized carbons (Fsp3) is 0.400. The standard InChI is InChI=1S/C10H13BrN2.ClH/c11-9-2-1-3-10(8-9)13-6-4-12-5-7-13;/h1-3,8,12H,4-7H2;1H. The summed E-state index contributed by atoms with van der Waals surface area (Å²) in [5, 5.41) is 3.35. The van der Waals surface area contributed by atoms with E-state index in [9.17, 15) is 0 Å². The van der Waals surface area contributed by atoms with Crippen LogP contribution >= 0.6 is 28.3 Å². The highest BCUT2D eigenvalue weighted by atomic mass is 79.9. The minimum absolute atomic E-state index is 0. The summed E-state index contributed by atoms with van der Waals surface area (Å²) in [5.41, 5.74) is 1.32. The maximum absolute atomic E-state index is 3.49. The second-order valence-electron chi connectivity index (χ2n) is 3.22. The van der Waals surface area contributed by atoms with Crippen molar-refractivity contribution in [2.45, 2.75) is 0 Å². The topological polar surface area (TPSA) is 15.3 Å². The normalized spacial score (nSPS) is 16.2. The lowest BCUT2D eigenvalue weighted by atomic mass is 10.2. The van der Waals surface area contributed by atoms with Gasteiger partial charge in [0, 0.05) is 36.3 Å². The number of anilines is 1. The van der Waals surface area contributed by atoms with Crippen LogP contribution in [0.25, 0.3) is 0 Å². The Bertz CT molecular complexity index is 287. The van der Waals surface area contributed by atoms with E-state index in [-0.39, 0.29) is 12.4 Å². The molecule has 0 atom stereocenters. The maximum Gasteiger partial charge on any atom is 0.0378 e. The molecule has 1 aromatic rings. The van der Waals surface area contributed by atoms with Crippen molar-refractivity contribution in [3.63, 3.8) is 0 Å². The smallest absolute Gasteiger partial charge is 0.0378 e. The summed E-state index contributed by atoms with van der Waals surface area (Å²) in [6.07, 6.45) is 0. The molecule has 0 saturated carbocycles. The molecule has 0 amide bonds. The van der Waals surface area contributed by atoms with Crippen molar-refractivity contribution in [3.8, 4) is 0 Å². The Labute approximate surface area is 99.2 Å². The molecule has 0 radical (unpaired) electrons. The highest BCUT2D eigenvalue weighted by Crippen LogP contribution is 2.19. The number of benzene rings is 1. The largest absolute Gasteiger partial charge is 0.369 e. The molecule has 2 nitrogen and oxygen atoms in total. The van der Waals surface area contributed by atoms with E-state index in [1.165, 1.54) is 5.69 Å². The van der Waals surface area contributed by atoms with Crippen LogP contribution in [-0.4, -0.2) is 26.2 Å². The van der Waals surface area contributed by atoms with Gasteiger partial charge in [0.1, 0.15) is 0 Å². The molecule has 1 heterocycles. The number of rotatable bonds is 1. The molecule has 0 spiro atoms. The van der Waals surface area contributed by atoms with Crippen LogP contribution in [0.2, 0.25) is 0 Å². The van der Waals surface area contributed by atoms with E-state index in [4.69, 9.17) is 0 Å². The third-order valence-electron chi connectivity index (χ3n) is 2.29. The van der Waals surface area contributed by atoms with Gasteiger partial charge in [-0.1, -0.05) is 22.0 Å². The lowest BCUT2D eigenvalue weighted by molar-refractivity contribution is 0.589. The van der Waals surface area contributed by atoms with Crippen LogP contribution in [-0.2, 0) is 0 Å². The van der Waals surface area contributed by atoms with E-state index in [1.54, 1.807) is 0 Å². The van der Waals surface area contributed by atoms with Crippen molar-refractivity contribution in [2.75, 3.05) is 31.1 Å². The van der Waals surface area contributed by atoms with Gasteiger partial charge in [-0.3, -0.25) is 0 Å². The lowest BCUT2D eigenvalue weighted by Gasteiger charge is -2.29. The Hall–Kier alpha value is -0.250. The zero-order valence-electron chi connectivity index (χ0n) is 7.87. The van der Waals surface area contributed by atoms with Gasteiger partial charge in [0.2, 0.25) is 0 Å². The summed E-state index contributed by atoms with van der Waals surface area (Å²) in [5.74, 6) is 0. The number of halogens is 2. The second kappa shape index (κ2) is 5.59. The zero-order valence-corrected chi connectivity index (χ0v) is 10.3. The molecule has 78 valence electrons. The molecule has 14 heavy (non-hydrogen) atoms. The average Bonchev–Trinajstić information content (AvgIpc) is 2.19. The Balaban J connectivity index is 0.000000980. The molecule has 4 heteroatoms. The summed E-state index contributed by atoms with van der Waals surface area (Å²) in [4.78, 5) is 2.40. The van der Waals surface area contributed by atoms with Crippen LogP contribution in [0.3, 0.4) is 0 Å². The van der Waals surface area contributed by atoms with Crippen LogP contribution in [0.1, 0.15) is 0 Å². The number of piperazine rings is 1. The van der Waals surface area contributed by atoms with Crippen molar-refractivity contribution in [1.29, 1.82) is 0 Å². The van der Waals surface area contributed by atoms with E-state index < -0.39 is 0 Å². The first kappa shape index (κ1) is 11.8. The second-order valence-corrected chi connectivity index (χ2v) is 4.13. The number of hydrogen-bond acceptors (Lipinski definition) is 2. The minimum Gasteiger partial charge on any atom is -0.369 e. The van der Waals surface area contributed by atoms with Crippen molar-refractivity contribution in [3.05, 3.63) is 28.7 Å². The summed E-state index contributed by atoms with van der Waals surface area (Å²) in [7, 11) is 0. The van der Waals surface area contributed by atoms with Crippen LogP contribution in [0.15, 0.2) is 28.7 Å². The third-order valence-corrected chi connectivity index (χ3v) is 2.78. The summed E-state index contributed by atoms with van der Waals surface area (Å²) >= 11 is 3.49. The molecule has 1 aromatic carbocycles. The minimum atomic E-state index is 0. The Morgan fingerprint density at radius 1 is 1.21 bits per heavy atom. The molecule has 1 aliphatic rings. The van der Waals surface area contributed by atoms with Gasteiger partial charge in [0.05, 0.1) is 0 Å². The van der Waals surface area contributed by atoms with E-state index in [0.717, 1.165) is 30.7 Å². The Morgan fingerprint density at radius 3 is 2.57 bits per heavy atom. The van der Waals surface area contributed by atoms with E-state index in [2.05, 4.69) is 50.4 Å². The maximum atomic E-state index is 3.49. The van der Waals surface area contributed by atoms with Crippen molar-refractivity contribution >= 4 is 34.0 Å². The first-order valence-corrected chi connectivity index (χ1v) is 5.37. The predicted octanol–water partition coefficient (Wildman–Crippen LogP) is 2.28. The van der Waals surface area contributed by atoms with E-state index >= 15 is 0 Å². The molecular formula is C10H14BrClN2. The van der Waals surface area contributed by atoms with Gasteiger partial charge in [-0.05, 0) is 18.2 Å². The highest BCUT2D eigenvalue weighted by Gasteiger charge is 2.09. The number of hydrogen-bond donors (Lipinski definition) is 1. The van der Waals surface area contributed by atoms with Gasteiger partial charge in [-0.15, -0.1) is 12.4 Å². The Kier molecular flexibility index (Phi) is 4.72. The monoisotopic (exact) mass is 276 g/mol. The summed E-state index contributed by atoms with van der Waals surface area (Å²) in [6.45, 7) is 4.39. The molecule has 1 fully saturated rings. The molecule has 0 aliphatic carbocycles. The van der Waals surface area contributed by atoms with Gasteiger partial charge >= 0.3 is 0 Å². The van der Waals surface area contributed by atoms with E-state index in [1.807, 2.05) is 0 Å². The average molecular weight is 278 g/mol. The first-order valence-electron chi connectivity index (χ1n) is 4.57. The number of nitrogens with one attached hydrogen (secondary N) is 1. The van der Waals surface area contributed by atoms with Gasteiger partial charge in [0.25, 0.3) is 0 Å². The fourth-order valence-corrected chi connectivity index (χ4v) is 1.98. The fourth-order valence-electron chi connectivity index (χ4n) is 1.60. The number of nitrogens with zero attached hydrogens (tertiary/aromatic N) is 1. The van der Waals surface area contributed by atoms with Gasteiger partial charge in [-0.25, -0.2) is 0 Å². The molecule has 0 bridgehead atoms. The van der Waals surface area contributed by atoms with Crippen molar-refractivity contribution < 1.29 is 0 Å². The van der Waals surface area contributed by atoms with Crippen LogP contribution in [0.5, 0.6) is 0 Å². The van der Waals surface area contributed by atoms with Crippen LogP contribution in [0.4, 0.5) is 5.69 Å². The van der Waals surface area contributed by atoms with Crippen molar-refractivity contribution in [2.24, 2.45) is 0 Å². The van der Waals surface area contributed by atoms with E-state index in [0.29, 0.717) is 0 Å². The quantitative estimate of drug-likeness (QED) is 0.847. The van der Waals surface area contributed by atoms with Crippen molar-refractivity contribution in [1.82, 2.24) is 5.32 Å². The molecule has 1 saturated heterocycles. The molecule has 0 aromatic heterocycles. The van der Waals surface area contributed by atoms with Crippen LogP contribution in [0, 0.1) is 0 Å². The molecule has 1 aliphatic heterocycles. The highest BCUT2D eigenvalue weighted by molar-refractivity contribution is 9.10. The molecular weight excluding hydrogens is 263 g/mol. The first-order chi connectivity index (χ1) is 6.36. The van der Waals surface area contributed by atoms with Gasteiger partial charge in [-0.2, -0.15) is 0 Å².